The van der Waals surface area contributed by atoms with Crippen LogP contribution in [0.2, 0.25) is 0 Å². The smallest absolute Gasteiger partial charge is 0.326 e. The molecule has 27 heavy (non-hydrogen) atoms. The van der Waals surface area contributed by atoms with Crippen molar-refractivity contribution in [3.8, 4) is 0 Å². The second kappa shape index (κ2) is 5.98. The third-order valence-electron chi connectivity index (χ3n) is 4.70. The molecule has 0 spiro atoms. The molecule has 0 atom stereocenters. The van der Waals surface area contributed by atoms with Crippen LogP contribution in [0.5, 0.6) is 0 Å². The largest absolute Gasteiger partial charge is 0.338 e. The molecule has 2 aromatic carbocycles. The summed E-state index contributed by atoms with van der Waals surface area (Å²) in [5.74, 6) is -1.11. The molecule has 1 amide bonds. The standard InChI is InChI=1S/C18H17FN4O3S/c1-21-16-9-13(19)14(10-17(16)22(2)27(21,25)26)20-18(24)11-23-8-7-12-5-3-4-6-15(12)23/h3-10H,11H2,1-2H3,(H,20,24). The molecule has 3 aromatic rings. The van der Waals surface area contributed by atoms with Crippen LogP contribution in [0.4, 0.5) is 21.5 Å². The van der Waals surface area contributed by atoms with Crippen molar-refractivity contribution in [2.75, 3.05) is 28.0 Å². The lowest BCUT2D eigenvalue weighted by atomic mass is 10.2. The highest BCUT2D eigenvalue weighted by Crippen LogP contribution is 2.41. The minimum absolute atomic E-state index is 0.0120. The lowest BCUT2D eigenvalue weighted by molar-refractivity contribution is -0.116. The average molecular weight is 388 g/mol. The molecule has 1 aliphatic rings. The number of hydrogen-bond acceptors (Lipinski definition) is 3. The molecule has 0 saturated heterocycles. The average Bonchev–Trinajstić information content (AvgIpc) is 3.10. The van der Waals surface area contributed by atoms with Gasteiger partial charge >= 0.3 is 10.2 Å². The molecular formula is C18H17FN4O3S. The zero-order valence-corrected chi connectivity index (χ0v) is 15.5. The van der Waals surface area contributed by atoms with Gasteiger partial charge < -0.3 is 9.88 Å². The molecule has 1 aromatic heterocycles. The number of amides is 1. The number of carbonyl (C=O) groups excluding carboxylic acids is 1. The summed E-state index contributed by atoms with van der Waals surface area (Å²) >= 11 is 0. The molecule has 0 bridgehead atoms. The first-order chi connectivity index (χ1) is 12.8. The minimum atomic E-state index is -3.71. The van der Waals surface area contributed by atoms with Gasteiger partial charge in [-0.2, -0.15) is 8.42 Å². The predicted molar refractivity (Wildman–Crippen MR) is 103 cm³/mol. The Morgan fingerprint density at radius 1 is 1.07 bits per heavy atom. The maximum Gasteiger partial charge on any atom is 0.326 e. The van der Waals surface area contributed by atoms with E-state index < -0.39 is 21.9 Å². The third-order valence-corrected chi connectivity index (χ3v) is 6.48. The van der Waals surface area contributed by atoms with Gasteiger partial charge in [0.1, 0.15) is 12.4 Å². The molecule has 140 valence electrons. The number of rotatable bonds is 3. The van der Waals surface area contributed by atoms with Gasteiger partial charge in [0.2, 0.25) is 5.91 Å². The van der Waals surface area contributed by atoms with Crippen molar-refractivity contribution in [2.45, 2.75) is 6.54 Å². The molecule has 0 radical (unpaired) electrons. The zero-order valence-electron chi connectivity index (χ0n) is 14.7. The molecule has 0 saturated carbocycles. The Hall–Kier alpha value is -3.07. The summed E-state index contributed by atoms with van der Waals surface area (Å²) in [7, 11) is -0.971. The molecule has 0 unspecified atom stereocenters. The number of benzene rings is 2. The van der Waals surface area contributed by atoms with Crippen LogP contribution in [0.15, 0.2) is 48.7 Å². The fourth-order valence-electron chi connectivity index (χ4n) is 3.21. The maximum absolute atomic E-state index is 14.4. The van der Waals surface area contributed by atoms with Gasteiger partial charge in [-0.25, -0.2) is 4.39 Å². The van der Waals surface area contributed by atoms with Crippen molar-refractivity contribution >= 4 is 44.1 Å². The van der Waals surface area contributed by atoms with Crippen molar-refractivity contribution in [1.82, 2.24) is 4.57 Å². The summed E-state index contributed by atoms with van der Waals surface area (Å²) in [5, 5.41) is 3.53. The van der Waals surface area contributed by atoms with E-state index in [-0.39, 0.29) is 17.9 Å². The summed E-state index contributed by atoms with van der Waals surface area (Å²) in [4.78, 5) is 12.4. The molecule has 9 heteroatoms. The van der Waals surface area contributed by atoms with E-state index in [1.165, 1.54) is 20.2 Å². The number of aromatic nitrogens is 1. The SMILES string of the molecule is CN1c2cc(F)c(NC(=O)Cn3ccc4ccccc43)cc2N(C)S1(=O)=O. The highest BCUT2D eigenvalue weighted by molar-refractivity contribution is 7.94. The van der Waals surface area contributed by atoms with E-state index in [1.807, 2.05) is 30.3 Å². The van der Waals surface area contributed by atoms with Crippen molar-refractivity contribution in [3.05, 3.63) is 54.5 Å². The molecule has 0 fully saturated rings. The van der Waals surface area contributed by atoms with E-state index in [0.29, 0.717) is 5.69 Å². The number of hydrogen-bond donors (Lipinski definition) is 1. The van der Waals surface area contributed by atoms with Crippen LogP contribution < -0.4 is 13.9 Å². The normalized spacial score (nSPS) is 15.2. The van der Waals surface area contributed by atoms with Crippen molar-refractivity contribution in [3.63, 3.8) is 0 Å². The number of carbonyl (C=O) groups is 1. The molecule has 1 N–H and O–H groups in total. The number of nitrogens with one attached hydrogen (secondary N) is 1. The van der Waals surface area contributed by atoms with Crippen molar-refractivity contribution < 1.29 is 17.6 Å². The van der Waals surface area contributed by atoms with Gasteiger partial charge in [-0.1, -0.05) is 18.2 Å². The van der Waals surface area contributed by atoms with Crippen LogP contribution >= 0.6 is 0 Å². The summed E-state index contributed by atoms with van der Waals surface area (Å²) < 4.78 is 42.6. The second-order valence-electron chi connectivity index (χ2n) is 6.31. The number of anilines is 3. The van der Waals surface area contributed by atoms with E-state index in [9.17, 15) is 17.6 Å². The Morgan fingerprint density at radius 2 is 1.74 bits per heavy atom. The van der Waals surface area contributed by atoms with E-state index in [1.54, 1.807) is 10.8 Å². The number of para-hydroxylation sites is 1. The highest BCUT2D eigenvalue weighted by atomic mass is 32.2. The van der Waals surface area contributed by atoms with E-state index in [2.05, 4.69) is 5.32 Å². The van der Waals surface area contributed by atoms with Crippen LogP contribution in [-0.2, 0) is 21.5 Å². The Bertz CT molecular complexity index is 1170. The van der Waals surface area contributed by atoms with Crippen molar-refractivity contribution in [2.24, 2.45) is 0 Å². The Balaban J connectivity index is 1.60. The quantitative estimate of drug-likeness (QED) is 0.749. The fourth-order valence-corrected chi connectivity index (χ4v) is 4.36. The summed E-state index contributed by atoms with van der Waals surface area (Å²) in [6.07, 6.45) is 1.79. The van der Waals surface area contributed by atoms with Crippen molar-refractivity contribution in [1.29, 1.82) is 0 Å². The van der Waals surface area contributed by atoms with Crippen LogP contribution in [-0.4, -0.2) is 33.0 Å². The highest BCUT2D eigenvalue weighted by Gasteiger charge is 2.36. The maximum atomic E-state index is 14.4. The van der Waals surface area contributed by atoms with Gasteiger partial charge in [-0.3, -0.25) is 13.4 Å². The van der Waals surface area contributed by atoms with E-state index in [4.69, 9.17) is 0 Å². The fraction of sp³-hybridized carbons (Fsp3) is 0.167. The lowest BCUT2D eigenvalue weighted by Crippen LogP contribution is -2.32. The molecule has 7 nitrogen and oxygen atoms in total. The van der Waals surface area contributed by atoms with Crippen LogP contribution in [0.1, 0.15) is 0 Å². The van der Waals surface area contributed by atoms with E-state index >= 15 is 0 Å². The first-order valence-corrected chi connectivity index (χ1v) is 9.59. The summed E-state index contributed by atoms with van der Waals surface area (Å²) in [6.45, 7) is 0.0120. The second-order valence-corrected chi connectivity index (χ2v) is 8.31. The van der Waals surface area contributed by atoms with Gasteiger partial charge in [0, 0.05) is 31.9 Å². The lowest BCUT2D eigenvalue weighted by Gasteiger charge is -2.13. The predicted octanol–water partition coefficient (Wildman–Crippen LogP) is 2.55. The Morgan fingerprint density at radius 3 is 2.48 bits per heavy atom. The number of nitrogens with zero attached hydrogens (tertiary/aromatic N) is 3. The first-order valence-electron chi connectivity index (χ1n) is 8.19. The van der Waals surface area contributed by atoms with Crippen LogP contribution in [0, 0.1) is 5.82 Å². The van der Waals surface area contributed by atoms with Gasteiger partial charge in [0.15, 0.2) is 0 Å². The topological polar surface area (TPSA) is 74.7 Å². The number of halogens is 1. The number of fused-ring (bicyclic) bond motifs is 2. The minimum Gasteiger partial charge on any atom is -0.338 e. The third kappa shape index (κ3) is 2.71. The van der Waals surface area contributed by atoms with Gasteiger partial charge in [0.05, 0.1) is 17.1 Å². The van der Waals surface area contributed by atoms with E-state index in [0.717, 1.165) is 25.6 Å². The summed E-state index contributed by atoms with van der Waals surface area (Å²) in [5.41, 5.74) is 1.37. The molecule has 0 aliphatic carbocycles. The van der Waals surface area contributed by atoms with Gasteiger partial charge in [-0.05, 0) is 23.6 Å². The Labute approximate surface area is 155 Å². The van der Waals surface area contributed by atoms with Gasteiger partial charge in [0.25, 0.3) is 0 Å². The monoisotopic (exact) mass is 388 g/mol. The molecule has 2 heterocycles. The van der Waals surface area contributed by atoms with Gasteiger partial charge in [-0.15, -0.1) is 0 Å². The van der Waals surface area contributed by atoms with Crippen LogP contribution in [0.25, 0.3) is 10.9 Å². The molecular weight excluding hydrogens is 371 g/mol. The van der Waals surface area contributed by atoms with Crippen LogP contribution in [0.3, 0.4) is 0 Å². The summed E-state index contributed by atoms with van der Waals surface area (Å²) in [6, 6.07) is 12.0. The first kappa shape index (κ1) is 17.3. The Kier molecular flexibility index (Phi) is 3.84. The molecule has 1 aliphatic heterocycles. The molecule has 4 rings (SSSR count). The zero-order chi connectivity index (χ0) is 19.3.